The lowest BCUT2D eigenvalue weighted by Gasteiger charge is -2.30. The molecule has 1 aromatic rings. The number of rotatable bonds is 3. The number of ketones is 1. The molecule has 0 bridgehead atoms. The first kappa shape index (κ1) is 19.6. The zero-order valence-electron chi connectivity index (χ0n) is 13.1. The van der Waals surface area contributed by atoms with E-state index in [-0.39, 0.29) is 31.1 Å². The Morgan fingerprint density at radius 2 is 1.56 bits per heavy atom. The zero-order valence-corrected chi connectivity index (χ0v) is 13.1. The van der Waals surface area contributed by atoms with Crippen LogP contribution in [0.5, 0.6) is 5.75 Å². The Bertz CT molecular complexity index is 605. The summed E-state index contributed by atoms with van der Waals surface area (Å²) in [6.07, 6.45) is -11.4. The van der Waals surface area contributed by atoms with Gasteiger partial charge in [-0.25, -0.2) is 0 Å². The number of Topliss-reactive ketones (excluding diaryl/α,β-unsaturated/α-hetero) is 1. The fourth-order valence-corrected chi connectivity index (χ4v) is 2.82. The van der Waals surface area contributed by atoms with Crippen LogP contribution in [0.4, 0.5) is 26.3 Å². The van der Waals surface area contributed by atoms with Crippen molar-refractivity contribution >= 4 is 5.78 Å². The molecule has 140 valence electrons. The molecule has 2 rings (SSSR count). The summed E-state index contributed by atoms with van der Waals surface area (Å²) >= 11 is 0. The van der Waals surface area contributed by atoms with Gasteiger partial charge in [0.2, 0.25) is 0 Å². The minimum Gasteiger partial charge on any atom is -0.490 e. The molecule has 3 unspecified atom stereocenters. The quantitative estimate of drug-likeness (QED) is 0.811. The maximum atomic E-state index is 12.8. The second-order valence-corrected chi connectivity index (χ2v) is 6.16. The summed E-state index contributed by atoms with van der Waals surface area (Å²) in [5, 5.41) is 9.59. The van der Waals surface area contributed by atoms with Crippen molar-refractivity contribution in [2.45, 2.75) is 50.7 Å². The number of carbonyl (C=O) groups is 1. The maximum absolute atomic E-state index is 12.8. The number of alkyl halides is 6. The van der Waals surface area contributed by atoms with E-state index in [0.717, 1.165) is 0 Å². The summed E-state index contributed by atoms with van der Waals surface area (Å²) in [5.41, 5.74) is -2.94. The van der Waals surface area contributed by atoms with E-state index in [1.54, 1.807) is 0 Å². The highest BCUT2D eigenvalue weighted by molar-refractivity contribution is 5.80. The summed E-state index contributed by atoms with van der Waals surface area (Å²) in [4.78, 5) is 11.5. The number of halogens is 6. The molecular formula is C16H16F6O3. The van der Waals surface area contributed by atoms with Gasteiger partial charge in [-0.2, -0.15) is 26.3 Å². The average Bonchev–Trinajstić information content (AvgIpc) is 2.44. The first-order valence-electron chi connectivity index (χ1n) is 7.52. The Balaban J connectivity index is 2.27. The topological polar surface area (TPSA) is 46.5 Å². The van der Waals surface area contributed by atoms with Gasteiger partial charge in [0.25, 0.3) is 0 Å². The zero-order chi connectivity index (χ0) is 19.0. The molecule has 0 saturated heterocycles. The van der Waals surface area contributed by atoms with E-state index < -0.39 is 47.4 Å². The largest absolute Gasteiger partial charge is 0.490 e. The van der Waals surface area contributed by atoms with Crippen molar-refractivity contribution in [3.05, 3.63) is 29.3 Å². The normalized spacial score (nSPS) is 23.4. The van der Waals surface area contributed by atoms with Crippen LogP contribution < -0.4 is 4.74 Å². The van der Waals surface area contributed by atoms with E-state index in [1.807, 2.05) is 0 Å². The maximum Gasteiger partial charge on any atom is 0.416 e. The molecule has 1 aromatic carbocycles. The molecule has 0 aliphatic heterocycles. The van der Waals surface area contributed by atoms with Crippen LogP contribution in [0.25, 0.3) is 0 Å². The average molecular weight is 370 g/mol. The van der Waals surface area contributed by atoms with Gasteiger partial charge in [0.1, 0.15) is 11.5 Å². The molecule has 0 radical (unpaired) electrons. The van der Waals surface area contributed by atoms with E-state index in [2.05, 4.69) is 0 Å². The van der Waals surface area contributed by atoms with Gasteiger partial charge < -0.3 is 9.84 Å². The standard InChI is InChI=1S/C16H16F6O3/c1-8(9-2-12(23)7-13(24)3-9)25-14-5-10(15(17,18)19)4-11(6-14)16(20,21)22/h4-6,8-9,12,23H,2-3,7H2,1H3. The number of hydrogen-bond acceptors (Lipinski definition) is 3. The Hall–Kier alpha value is -1.77. The molecule has 25 heavy (non-hydrogen) atoms. The molecule has 3 atom stereocenters. The monoisotopic (exact) mass is 370 g/mol. The molecule has 1 N–H and O–H groups in total. The minimum atomic E-state index is -4.96. The number of carbonyl (C=O) groups excluding carboxylic acids is 1. The highest BCUT2D eigenvalue weighted by Gasteiger charge is 2.38. The highest BCUT2D eigenvalue weighted by Crippen LogP contribution is 2.39. The summed E-state index contributed by atoms with van der Waals surface area (Å²) < 4.78 is 82.2. The van der Waals surface area contributed by atoms with Crippen LogP contribution in [-0.2, 0) is 17.1 Å². The van der Waals surface area contributed by atoms with Crippen LogP contribution in [-0.4, -0.2) is 23.1 Å². The summed E-state index contributed by atoms with van der Waals surface area (Å²) in [5.74, 6) is -1.29. The summed E-state index contributed by atoms with van der Waals surface area (Å²) in [7, 11) is 0. The molecule has 0 heterocycles. The fraction of sp³-hybridized carbons (Fsp3) is 0.562. The van der Waals surface area contributed by atoms with E-state index in [1.165, 1.54) is 6.92 Å². The number of aliphatic hydroxyl groups is 1. The fourth-order valence-electron chi connectivity index (χ4n) is 2.82. The van der Waals surface area contributed by atoms with Crippen molar-refractivity contribution < 1.29 is 41.0 Å². The van der Waals surface area contributed by atoms with Gasteiger partial charge >= 0.3 is 12.4 Å². The van der Waals surface area contributed by atoms with Crippen LogP contribution in [0.1, 0.15) is 37.3 Å². The van der Waals surface area contributed by atoms with Crippen molar-refractivity contribution in [3.8, 4) is 5.75 Å². The highest BCUT2D eigenvalue weighted by atomic mass is 19.4. The SMILES string of the molecule is CC(Oc1cc(C(F)(F)F)cc(C(F)(F)F)c1)C1CC(=O)CC(O)C1. The number of benzene rings is 1. The van der Waals surface area contributed by atoms with Gasteiger partial charge in [-0.15, -0.1) is 0 Å². The molecule has 1 saturated carbocycles. The van der Waals surface area contributed by atoms with Crippen LogP contribution in [0, 0.1) is 5.92 Å². The third kappa shape index (κ3) is 5.10. The molecular weight excluding hydrogens is 354 g/mol. The first-order chi connectivity index (χ1) is 11.4. The Morgan fingerprint density at radius 3 is 2.00 bits per heavy atom. The smallest absolute Gasteiger partial charge is 0.416 e. The van der Waals surface area contributed by atoms with Crippen molar-refractivity contribution in [2.75, 3.05) is 0 Å². The van der Waals surface area contributed by atoms with Gasteiger partial charge in [0, 0.05) is 18.8 Å². The predicted molar refractivity (Wildman–Crippen MR) is 74.9 cm³/mol. The molecule has 3 nitrogen and oxygen atoms in total. The predicted octanol–water partition coefficient (Wildman–Crippen LogP) is 4.22. The Labute approximate surface area is 139 Å². The number of hydrogen-bond donors (Lipinski definition) is 1. The molecule has 9 heteroatoms. The van der Waals surface area contributed by atoms with Gasteiger partial charge in [-0.05, 0) is 31.5 Å². The molecule has 1 fully saturated rings. The van der Waals surface area contributed by atoms with Gasteiger partial charge in [-0.1, -0.05) is 0 Å². The second-order valence-electron chi connectivity index (χ2n) is 6.16. The van der Waals surface area contributed by atoms with Crippen LogP contribution >= 0.6 is 0 Å². The third-order valence-electron chi connectivity index (χ3n) is 4.07. The lowest BCUT2D eigenvalue weighted by molar-refractivity contribution is -0.143. The number of aliphatic hydroxyl groups excluding tert-OH is 1. The van der Waals surface area contributed by atoms with E-state index in [4.69, 9.17) is 4.74 Å². The van der Waals surface area contributed by atoms with Crippen LogP contribution in [0.3, 0.4) is 0 Å². The third-order valence-corrected chi connectivity index (χ3v) is 4.07. The lowest BCUT2D eigenvalue weighted by Crippen LogP contribution is -2.35. The Kier molecular flexibility index (Phi) is 5.36. The van der Waals surface area contributed by atoms with Crippen molar-refractivity contribution in [3.63, 3.8) is 0 Å². The van der Waals surface area contributed by atoms with Gasteiger partial charge in [0.05, 0.1) is 23.3 Å². The summed E-state index contributed by atoms with van der Waals surface area (Å²) in [6, 6.07) is 1.01. The van der Waals surface area contributed by atoms with E-state index >= 15 is 0 Å². The molecule has 1 aliphatic rings. The van der Waals surface area contributed by atoms with Crippen molar-refractivity contribution in [1.29, 1.82) is 0 Å². The minimum absolute atomic E-state index is 0.00893. The lowest BCUT2D eigenvalue weighted by atomic mass is 9.83. The molecule has 0 aromatic heterocycles. The Morgan fingerprint density at radius 1 is 1.04 bits per heavy atom. The van der Waals surface area contributed by atoms with Gasteiger partial charge in [0.15, 0.2) is 0 Å². The van der Waals surface area contributed by atoms with Gasteiger partial charge in [-0.3, -0.25) is 4.79 Å². The number of ether oxygens (including phenoxy) is 1. The van der Waals surface area contributed by atoms with E-state index in [0.29, 0.717) is 12.1 Å². The summed E-state index contributed by atoms with van der Waals surface area (Å²) in [6.45, 7) is 1.45. The van der Waals surface area contributed by atoms with Crippen LogP contribution in [0.15, 0.2) is 18.2 Å². The van der Waals surface area contributed by atoms with Crippen molar-refractivity contribution in [1.82, 2.24) is 0 Å². The molecule has 1 aliphatic carbocycles. The molecule has 0 spiro atoms. The van der Waals surface area contributed by atoms with Crippen molar-refractivity contribution in [2.24, 2.45) is 5.92 Å². The first-order valence-corrected chi connectivity index (χ1v) is 7.52. The molecule has 0 amide bonds. The second kappa shape index (κ2) is 6.86. The van der Waals surface area contributed by atoms with Crippen LogP contribution in [0.2, 0.25) is 0 Å². The van der Waals surface area contributed by atoms with E-state index in [9.17, 15) is 36.2 Å².